The summed E-state index contributed by atoms with van der Waals surface area (Å²) in [6.45, 7) is 4.39. The van der Waals surface area contributed by atoms with Gasteiger partial charge in [-0.3, -0.25) is 4.98 Å². The van der Waals surface area contributed by atoms with E-state index in [1.165, 1.54) is 0 Å². The van der Waals surface area contributed by atoms with Gasteiger partial charge in [0.15, 0.2) is 11.5 Å². The zero-order valence-corrected chi connectivity index (χ0v) is 11.0. The Morgan fingerprint density at radius 2 is 2.00 bits per heavy atom. The quantitative estimate of drug-likeness (QED) is 0.915. The first-order valence-corrected chi connectivity index (χ1v) is 6.31. The molecule has 98 valence electrons. The van der Waals surface area contributed by atoms with Gasteiger partial charge in [-0.25, -0.2) is 0 Å². The summed E-state index contributed by atoms with van der Waals surface area (Å²) in [6.07, 6.45) is 1.85. The Kier molecular flexibility index (Phi) is 2.99. The Morgan fingerprint density at radius 3 is 2.79 bits per heavy atom. The van der Waals surface area contributed by atoms with E-state index >= 15 is 0 Å². The molecule has 0 radical (unpaired) electrons. The number of fused-ring (bicyclic) bond motifs is 1. The van der Waals surface area contributed by atoms with Crippen LogP contribution in [0.25, 0.3) is 0 Å². The third-order valence-corrected chi connectivity index (χ3v) is 3.19. The van der Waals surface area contributed by atoms with Crippen molar-refractivity contribution in [3.63, 3.8) is 0 Å². The van der Waals surface area contributed by atoms with E-state index in [0.29, 0.717) is 6.79 Å². The highest BCUT2D eigenvalue weighted by Crippen LogP contribution is 2.34. The van der Waals surface area contributed by atoms with Gasteiger partial charge in [0.1, 0.15) is 0 Å². The van der Waals surface area contributed by atoms with Gasteiger partial charge in [-0.15, -0.1) is 0 Å². The van der Waals surface area contributed by atoms with E-state index < -0.39 is 0 Å². The largest absolute Gasteiger partial charge is 0.454 e. The molecule has 2 aromatic rings. The van der Waals surface area contributed by atoms with E-state index in [2.05, 4.69) is 17.2 Å². The Morgan fingerprint density at radius 1 is 1.16 bits per heavy atom. The van der Waals surface area contributed by atoms with Crippen molar-refractivity contribution in [3.8, 4) is 11.5 Å². The maximum absolute atomic E-state index is 5.39. The summed E-state index contributed by atoms with van der Waals surface area (Å²) in [5, 5.41) is 3.42. The van der Waals surface area contributed by atoms with Crippen LogP contribution in [0, 0.1) is 6.92 Å². The molecule has 1 aromatic carbocycles. The lowest BCUT2D eigenvalue weighted by atomic mass is 10.1. The molecule has 1 aliphatic rings. The fourth-order valence-corrected chi connectivity index (χ4v) is 2.07. The predicted molar refractivity (Wildman–Crippen MR) is 73.6 cm³/mol. The number of anilines is 1. The van der Waals surface area contributed by atoms with Gasteiger partial charge in [0.05, 0.1) is 11.9 Å². The SMILES string of the molecule is Cc1ccc(NC(C)c2ccc3c(c2)OCO3)cn1. The molecule has 2 heterocycles. The van der Waals surface area contributed by atoms with Gasteiger partial charge in [0, 0.05) is 11.7 Å². The number of pyridine rings is 1. The number of hydrogen-bond donors (Lipinski definition) is 1. The maximum Gasteiger partial charge on any atom is 0.231 e. The second kappa shape index (κ2) is 4.80. The van der Waals surface area contributed by atoms with Crippen LogP contribution in [0.5, 0.6) is 11.5 Å². The van der Waals surface area contributed by atoms with Crippen molar-refractivity contribution in [1.29, 1.82) is 0 Å². The van der Waals surface area contributed by atoms with Crippen LogP contribution < -0.4 is 14.8 Å². The second-order valence-electron chi connectivity index (χ2n) is 4.67. The number of benzene rings is 1. The van der Waals surface area contributed by atoms with E-state index in [1.807, 2.05) is 43.5 Å². The Labute approximate surface area is 112 Å². The van der Waals surface area contributed by atoms with Gasteiger partial charge in [-0.2, -0.15) is 0 Å². The molecule has 0 amide bonds. The minimum Gasteiger partial charge on any atom is -0.454 e. The molecule has 1 atom stereocenters. The lowest BCUT2D eigenvalue weighted by Crippen LogP contribution is -2.06. The number of aryl methyl sites for hydroxylation is 1. The first-order chi connectivity index (χ1) is 9.22. The van der Waals surface area contributed by atoms with Crippen LogP contribution >= 0.6 is 0 Å². The van der Waals surface area contributed by atoms with Crippen molar-refractivity contribution >= 4 is 5.69 Å². The smallest absolute Gasteiger partial charge is 0.231 e. The maximum atomic E-state index is 5.39. The molecule has 0 bridgehead atoms. The van der Waals surface area contributed by atoms with Gasteiger partial charge in [-0.05, 0) is 43.7 Å². The molecular formula is C15H16N2O2. The standard InChI is InChI=1S/C15H16N2O2/c1-10-3-5-13(8-16-10)17-11(2)12-4-6-14-15(7-12)19-9-18-14/h3-8,11,17H,9H2,1-2H3. The van der Waals surface area contributed by atoms with Gasteiger partial charge < -0.3 is 14.8 Å². The van der Waals surface area contributed by atoms with Crippen molar-refractivity contribution in [3.05, 3.63) is 47.8 Å². The fraction of sp³-hybridized carbons (Fsp3) is 0.267. The zero-order chi connectivity index (χ0) is 13.2. The third-order valence-electron chi connectivity index (χ3n) is 3.19. The molecule has 4 heteroatoms. The van der Waals surface area contributed by atoms with Crippen molar-refractivity contribution in [2.75, 3.05) is 12.1 Å². The van der Waals surface area contributed by atoms with E-state index in [4.69, 9.17) is 9.47 Å². The van der Waals surface area contributed by atoms with Gasteiger partial charge >= 0.3 is 0 Å². The van der Waals surface area contributed by atoms with Crippen molar-refractivity contribution in [2.24, 2.45) is 0 Å². The summed E-state index contributed by atoms with van der Waals surface area (Å²) in [6, 6.07) is 10.2. The summed E-state index contributed by atoms with van der Waals surface area (Å²) in [5.41, 5.74) is 3.18. The lowest BCUT2D eigenvalue weighted by molar-refractivity contribution is 0.174. The Hall–Kier alpha value is -2.23. The number of aromatic nitrogens is 1. The zero-order valence-electron chi connectivity index (χ0n) is 11.0. The van der Waals surface area contributed by atoms with E-state index in [9.17, 15) is 0 Å². The summed E-state index contributed by atoms with van der Waals surface area (Å²) < 4.78 is 10.7. The Bertz CT molecular complexity index is 581. The molecule has 1 aliphatic heterocycles. The van der Waals surface area contributed by atoms with Crippen LogP contribution in [-0.4, -0.2) is 11.8 Å². The predicted octanol–water partition coefficient (Wildman–Crippen LogP) is 3.29. The van der Waals surface area contributed by atoms with Crippen molar-refractivity contribution in [1.82, 2.24) is 4.98 Å². The van der Waals surface area contributed by atoms with Crippen LogP contribution in [0.2, 0.25) is 0 Å². The summed E-state index contributed by atoms with van der Waals surface area (Å²) >= 11 is 0. The van der Waals surface area contributed by atoms with Gasteiger partial charge in [0.25, 0.3) is 0 Å². The van der Waals surface area contributed by atoms with Crippen LogP contribution in [0.4, 0.5) is 5.69 Å². The second-order valence-corrected chi connectivity index (χ2v) is 4.67. The number of nitrogens with one attached hydrogen (secondary N) is 1. The lowest BCUT2D eigenvalue weighted by Gasteiger charge is -2.16. The molecule has 1 unspecified atom stereocenters. The van der Waals surface area contributed by atoms with E-state index in [-0.39, 0.29) is 6.04 Å². The fourth-order valence-electron chi connectivity index (χ4n) is 2.07. The number of nitrogens with zero attached hydrogens (tertiary/aromatic N) is 1. The van der Waals surface area contributed by atoms with Crippen LogP contribution in [0.15, 0.2) is 36.5 Å². The molecule has 4 nitrogen and oxygen atoms in total. The minimum absolute atomic E-state index is 0.180. The molecule has 0 spiro atoms. The molecule has 3 rings (SSSR count). The number of hydrogen-bond acceptors (Lipinski definition) is 4. The van der Waals surface area contributed by atoms with E-state index in [0.717, 1.165) is 28.4 Å². The molecule has 1 N–H and O–H groups in total. The highest BCUT2D eigenvalue weighted by Gasteiger charge is 2.15. The highest BCUT2D eigenvalue weighted by molar-refractivity contribution is 5.48. The average Bonchev–Trinajstić information content (AvgIpc) is 2.88. The molecular weight excluding hydrogens is 240 g/mol. The topological polar surface area (TPSA) is 43.4 Å². The molecule has 19 heavy (non-hydrogen) atoms. The van der Waals surface area contributed by atoms with Crippen LogP contribution in [0.3, 0.4) is 0 Å². The monoisotopic (exact) mass is 256 g/mol. The van der Waals surface area contributed by atoms with E-state index in [1.54, 1.807) is 0 Å². The van der Waals surface area contributed by atoms with Gasteiger partial charge in [-0.1, -0.05) is 6.07 Å². The Balaban J connectivity index is 1.76. The van der Waals surface area contributed by atoms with Crippen molar-refractivity contribution in [2.45, 2.75) is 19.9 Å². The molecule has 0 saturated heterocycles. The van der Waals surface area contributed by atoms with Crippen molar-refractivity contribution < 1.29 is 9.47 Å². The first kappa shape index (κ1) is 11.8. The average molecular weight is 256 g/mol. The third kappa shape index (κ3) is 2.47. The summed E-state index contributed by atoms with van der Waals surface area (Å²) in [5.74, 6) is 1.63. The van der Waals surface area contributed by atoms with Gasteiger partial charge in [0.2, 0.25) is 6.79 Å². The summed E-state index contributed by atoms with van der Waals surface area (Å²) in [4.78, 5) is 4.28. The first-order valence-electron chi connectivity index (χ1n) is 6.31. The molecule has 0 aliphatic carbocycles. The normalized spacial score (nSPS) is 14.2. The number of rotatable bonds is 3. The number of ether oxygens (including phenoxy) is 2. The molecule has 0 fully saturated rings. The minimum atomic E-state index is 0.180. The van der Waals surface area contributed by atoms with Crippen LogP contribution in [-0.2, 0) is 0 Å². The molecule has 1 aromatic heterocycles. The van der Waals surface area contributed by atoms with Crippen LogP contribution in [0.1, 0.15) is 24.2 Å². The molecule has 0 saturated carbocycles. The summed E-state index contributed by atoms with van der Waals surface area (Å²) in [7, 11) is 0. The highest BCUT2D eigenvalue weighted by atomic mass is 16.7.